The normalized spacial score (nSPS) is 20.3. The van der Waals surface area contributed by atoms with Gasteiger partial charge in [-0.25, -0.2) is 0 Å². The van der Waals surface area contributed by atoms with E-state index in [2.05, 4.69) is 49.8 Å². The van der Waals surface area contributed by atoms with Gasteiger partial charge in [0.1, 0.15) is 0 Å². The van der Waals surface area contributed by atoms with Crippen LogP contribution in [0.3, 0.4) is 0 Å². The van der Waals surface area contributed by atoms with E-state index in [-0.39, 0.29) is 29.2 Å². The number of rotatable bonds is 7. The molecule has 2 aromatic carbocycles. The summed E-state index contributed by atoms with van der Waals surface area (Å²) in [7, 11) is 0. The second-order valence-electron chi connectivity index (χ2n) is 10.3. The number of hydrogen-bond acceptors (Lipinski definition) is 3. The Bertz CT molecular complexity index is 1080. The van der Waals surface area contributed by atoms with Gasteiger partial charge < -0.3 is 15.5 Å². The lowest BCUT2D eigenvalue weighted by Gasteiger charge is -2.55. The van der Waals surface area contributed by atoms with E-state index in [1.165, 1.54) is 0 Å². The lowest BCUT2D eigenvalue weighted by Crippen LogP contribution is -2.63. The van der Waals surface area contributed by atoms with Crippen LogP contribution in [0.1, 0.15) is 57.0 Å². The predicted octanol–water partition coefficient (Wildman–Crippen LogP) is 6.03. The molecule has 1 saturated heterocycles. The lowest BCUT2D eigenvalue weighted by molar-refractivity contribution is -0.124. The molecule has 0 aromatic heterocycles. The highest BCUT2D eigenvalue weighted by Gasteiger charge is 2.51. The average molecular weight is 517 g/mol. The molecule has 2 N–H and O–H groups in total. The van der Waals surface area contributed by atoms with Crippen LogP contribution in [0.5, 0.6) is 0 Å². The van der Waals surface area contributed by atoms with Crippen LogP contribution in [-0.4, -0.2) is 35.8 Å². The number of carbonyl (C=O) groups excluding carboxylic acids is 2. The first-order valence-electron chi connectivity index (χ1n) is 11.9. The number of likely N-dealkylation sites (tertiary alicyclic amines) is 1. The summed E-state index contributed by atoms with van der Waals surface area (Å²) >= 11 is 12.1. The average Bonchev–Trinajstić information content (AvgIpc) is 2.78. The van der Waals surface area contributed by atoms with Gasteiger partial charge in [-0.3, -0.25) is 9.59 Å². The molecule has 188 valence electrons. The van der Waals surface area contributed by atoms with Gasteiger partial charge in [-0.1, -0.05) is 69.6 Å². The van der Waals surface area contributed by atoms with Gasteiger partial charge in [0.15, 0.2) is 0 Å². The third-order valence-electron chi connectivity index (χ3n) is 7.05. The van der Waals surface area contributed by atoms with Gasteiger partial charge in [0.2, 0.25) is 5.91 Å². The molecule has 0 spiro atoms. The van der Waals surface area contributed by atoms with Gasteiger partial charge >= 0.3 is 0 Å². The Morgan fingerprint density at radius 3 is 2.03 bits per heavy atom. The molecule has 2 atom stereocenters. The summed E-state index contributed by atoms with van der Waals surface area (Å²) in [4.78, 5) is 27.5. The van der Waals surface area contributed by atoms with Gasteiger partial charge in [0, 0.05) is 46.7 Å². The molecule has 0 unspecified atom stereocenters. The van der Waals surface area contributed by atoms with Crippen molar-refractivity contribution < 1.29 is 9.59 Å². The number of nitrogens with zero attached hydrogens (tertiary/aromatic N) is 1. The maximum absolute atomic E-state index is 13.0. The molecular weight excluding hydrogens is 481 g/mol. The minimum Gasteiger partial charge on any atom is -0.373 e. The van der Waals surface area contributed by atoms with Crippen LogP contribution in [0.2, 0.25) is 10.0 Å². The minimum atomic E-state index is -0.555. The standard InChI is InChI=1S/C28H35Cl2N3O2/c1-18(2)25(31-26(35)21-7-11-23(29)12-8-21)19(3)33-16-15-28(32-20(4)34,27(5,6)17-33)22-9-13-24(30)14-10-22/h7-14,18,25H,3,15-17H2,1-2,4-6H3,(H,31,35)(H,32,34)/t25-,28+/m1/s1. The zero-order valence-electron chi connectivity index (χ0n) is 21.1. The van der Waals surface area contributed by atoms with E-state index in [1.807, 2.05) is 24.3 Å². The summed E-state index contributed by atoms with van der Waals surface area (Å²) < 4.78 is 0. The van der Waals surface area contributed by atoms with Gasteiger partial charge in [0.05, 0.1) is 11.6 Å². The summed E-state index contributed by atoms with van der Waals surface area (Å²) in [5.74, 6) is -0.0951. The van der Waals surface area contributed by atoms with Crippen molar-refractivity contribution in [2.45, 2.75) is 52.6 Å². The highest BCUT2D eigenvalue weighted by molar-refractivity contribution is 6.30. The van der Waals surface area contributed by atoms with Crippen molar-refractivity contribution in [3.63, 3.8) is 0 Å². The molecule has 7 heteroatoms. The topological polar surface area (TPSA) is 61.4 Å². The molecule has 0 radical (unpaired) electrons. The highest BCUT2D eigenvalue weighted by atomic mass is 35.5. The van der Waals surface area contributed by atoms with Crippen molar-refractivity contribution in [3.05, 3.63) is 82.0 Å². The number of hydrogen-bond donors (Lipinski definition) is 2. The monoisotopic (exact) mass is 515 g/mol. The van der Waals surface area contributed by atoms with Crippen LogP contribution in [-0.2, 0) is 10.3 Å². The van der Waals surface area contributed by atoms with Crippen molar-refractivity contribution in [2.24, 2.45) is 11.3 Å². The number of halogens is 2. The van der Waals surface area contributed by atoms with E-state index in [4.69, 9.17) is 23.2 Å². The quantitative estimate of drug-likeness (QED) is 0.473. The highest BCUT2D eigenvalue weighted by Crippen LogP contribution is 2.47. The Morgan fingerprint density at radius 1 is 1.00 bits per heavy atom. The minimum absolute atomic E-state index is 0.0735. The molecular formula is C28H35Cl2N3O2. The zero-order valence-corrected chi connectivity index (χ0v) is 22.6. The molecule has 3 rings (SSSR count). The number of piperidine rings is 1. The van der Waals surface area contributed by atoms with Crippen molar-refractivity contribution in [2.75, 3.05) is 13.1 Å². The smallest absolute Gasteiger partial charge is 0.251 e. The lowest BCUT2D eigenvalue weighted by atomic mass is 9.63. The van der Waals surface area contributed by atoms with Crippen LogP contribution in [0, 0.1) is 11.3 Å². The summed E-state index contributed by atoms with van der Waals surface area (Å²) in [5.41, 5.74) is 1.56. The molecule has 2 amide bonds. The molecule has 1 aliphatic rings. The molecule has 0 saturated carbocycles. The Morgan fingerprint density at radius 2 is 1.54 bits per heavy atom. The number of benzene rings is 2. The third-order valence-corrected chi connectivity index (χ3v) is 7.55. The van der Waals surface area contributed by atoms with E-state index in [0.29, 0.717) is 35.1 Å². The van der Waals surface area contributed by atoms with E-state index in [1.54, 1.807) is 31.2 Å². The summed E-state index contributed by atoms with van der Waals surface area (Å²) in [6.45, 7) is 15.8. The van der Waals surface area contributed by atoms with Crippen LogP contribution in [0.25, 0.3) is 0 Å². The fraction of sp³-hybridized carbons (Fsp3) is 0.429. The molecule has 1 aliphatic heterocycles. The fourth-order valence-electron chi connectivity index (χ4n) is 5.11. The SMILES string of the molecule is C=C([C@H](NC(=O)c1ccc(Cl)cc1)C(C)C)N1CC[C@](NC(C)=O)(c2ccc(Cl)cc2)C(C)(C)C1. The van der Waals surface area contributed by atoms with E-state index < -0.39 is 5.54 Å². The van der Waals surface area contributed by atoms with Gasteiger partial charge in [-0.05, 0) is 54.3 Å². The first kappa shape index (κ1) is 27.1. The largest absolute Gasteiger partial charge is 0.373 e. The van der Waals surface area contributed by atoms with Crippen LogP contribution in [0.15, 0.2) is 60.8 Å². The van der Waals surface area contributed by atoms with Crippen LogP contribution < -0.4 is 10.6 Å². The van der Waals surface area contributed by atoms with Crippen molar-refractivity contribution >= 4 is 35.0 Å². The van der Waals surface area contributed by atoms with Gasteiger partial charge in [-0.2, -0.15) is 0 Å². The first-order valence-corrected chi connectivity index (χ1v) is 12.7. The molecule has 0 bridgehead atoms. The summed E-state index contributed by atoms with van der Waals surface area (Å²) in [6.07, 6.45) is 0.691. The predicted molar refractivity (Wildman–Crippen MR) is 144 cm³/mol. The molecule has 35 heavy (non-hydrogen) atoms. The van der Waals surface area contributed by atoms with Gasteiger partial charge in [-0.15, -0.1) is 0 Å². The molecule has 1 fully saturated rings. The van der Waals surface area contributed by atoms with Crippen molar-refractivity contribution in [1.82, 2.24) is 15.5 Å². The maximum atomic E-state index is 13.0. The van der Waals surface area contributed by atoms with Crippen molar-refractivity contribution in [1.29, 1.82) is 0 Å². The fourth-order valence-corrected chi connectivity index (χ4v) is 5.36. The Labute approximate surface area is 218 Å². The van der Waals surface area contributed by atoms with E-state index in [0.717, 1.165) is 11.3 Å². The van der Waals surface area contributed by atoms with Crippen LogP contribution in [0.4, 0.5) is 0 Å². The molecule has 2 aromatic rings. The van der Waals surface area contributed by atoms with E-state index >= 15 is 0 Å². The van der Waals surface area contributed by atoms with Crippen LogP contribution >= 0.6 is 23.2 Å². The first-order chi connectivity index (χ1) is 16.4. The number of amides is 2. The molecule has 1 heterocycles. The second kappa shape index (κ2) is 10.6. The molecule has 5 nitrogen and oxygen atoms in total. The van der Waals surface area contributed by atoms with E-state index in [9.17, 15) is 9.59 Å². The summed E-state index contributed by atoms with van der Waals surface area (Å²) in [6, 6.07) is 14.3. The Kier molecular flexibility index (Phi) is 8.23. The Hall–Kier alpha value is -2.50. The maximum Gasteiger partial charge on any atom is 0.251 e. The second-order valence-corrected chi connectivity index (χ2v) is 11.2. The zero-order chi connectivity index (χ0) is 26.0. The van der Waals surface area contributed by atoms with Crippen molar-refractivity contribution in [3.8, 4) is 0 Å². The van der Waals surface area contributed by atoms with Gasteiger partial charge in [0.25, 0.3) is 5.91 Å². The molecule has 0 aliphatic carbocycles. The summed E-state index contributed by atoms with van der Waals surface area (Å²) in [5, 5.41) is 7.68. The Balaban J connectivity index is 1.84. The number of nitrogens with one attached hydrogen (secondary N) is 2. The third kappa shape index (κ3) is 5.84. The number of carbonyl (C=O) groups is 2.